The van der Waals surface area contributed by atoms with Gasteiger partial charge in [0.05, 0.1) is 6.20 Å². The van der Waals surface area contributed by atoms with Crippen molar-refractivity contribution in [3.05, 3.63) is 24.0 Å². The quantitative estimate of drug-likeness (QED) is 0.591. The number of aromatic nitrogens is 2. The lowest BCUT2D eigenvalue weighted by atomic mass is 10.3. The highest BCUT2D eigenvalue weighted by atomic mass is 16.5. The van der Waals surface area contributed by atoms with Crippen LogP contribution in [0.2, 0.25) is 0 Å². The number of nitrogens with zero attached hydrogens (tertiary/aromatic N) is 2. The fraction of sp³-hybridized carbons (Fsp3) is 0.167. The van der Waals surface area contributed by atoms with E-state index in [0.29, 0.717) is 0 Å². The average Bonchev–Trinajstić information content (AvgIpc) is 2.03. The van der Waals surface area contributed by atoms with Crippen molar-refractivity contribution in [2.75, 3.05) is 0 Å². The van der Waals surface area contributed by atoms with Crippen molar-refractivity contribution in [3.8, 4) is 0 Å². The van der Waals surface area contributed by atoms with E-state index in [4.69, 9.17) is 0 Å². The molecule has 0 N–H and O–H groups in total. The second kappa shape index (κ2) is 3.55. The third-order valence-electron chi connectivity index (χ3n) is 0.943. The fourth-order valence-electron chi connectivity index (χ4n) is 0.516. The van der Waals surface area contributed by atoms with Crippen molar-refractivity contribution in [1.82, 2.24) is 10.2 Å². The van der Waals surface area contributed by atoms with Gasteiger partial charge < -0.3 is 4.74 Å². The Morgan fingerprint density at radius 1 is 1.60 bits per heavy atom. The van der Waals surface area contributed by atoms with Crippen LogP contribution < -0.4 is 0 Å². The van der Waals surface area contributed by atoms with E-state index in [9.17, 15) is 4.79 Å². The molecule has 0 fully saturated rings. The average molecular weight is 137 g/mol. The van der Waals surface area contributed by atoms with Crippen molar-refractivity contribution in [1.29, 1.82) is 0 Å². The van der Waals surface area contributed by atoms with Crippen molar-refractivity contribution in [3.63, 3.8) is 0 Å². The zero-order valence-corrected chi connectivity index (χ0v) is 5.15. The third kappa shape index (κ3) is 1.81. The van der Waals surface area contributed by atoms with Crippen molar-refractivity contribution in [2.45, 2.75) is 6.61 Å². The van der Waals surface area contributed by atoms with Crippen LogP contribution in [0, 0.1) is 0 Å². The van der Waals surface area contributed by atoms with E-state index in [1.54, 1.807) is 6.07 Å². The van der Waals surface area contributed by atoms with Crippen LogP contribution in [-0.2, 0) is 16.1 Å². The highest BCUT2D eigenvalue weighted by molar-refractivity contribution is 5.38. The summed E-state index contributed by atoms with van der Waals surface area (Å²) in [5.41, 5.74) is 0.804. The largest absolute Gasteiger partial charge is 0.452 e. The molecular formula is C6H5N2O2. The Kier molecular flexibility index (Phi) is 2.37. The lowest BCUT2D eigenvalue weighted by Crippen LogP contribution is -1.91. The van der Waals surface area contributed by atoms with Crippen LogP contribution in [0.15, 0.2) is 18.5 Å². The summed E-state index contributed by atoms with van der Waals surface area (Å²) in [6.45, 7) is 1.53. The molecule has 1 heterocycles. The molecule has 1 aromatic heterocycles. The molecular weight excluding hydrogens is 132 g/mol. The van der Waals surface area contributed by atoms with Gasteiger partial charge in [0.1, 0.15) is 6.61 Å². The van der Waals surface area contributed by atoms with Gasteiger partial charge in [-0.1, -0.05) is 0 Å². The van der Waals surface area contributed by atoms with Gasteiger partial charge in [-0.05, 0) is 6.07 Å². The molecule has 51 valence electrons. The van der Waals surface area contributed by atoms with Gasteiger partial charge in [0, 0.05) is 11.8 Å². The Morgan fingerprint density at radius 2 is 2.50 bits per heavy atom. The maximum absolute atomic E-state index is 9.59. The molecule has 0 bridgehead atoms. The van der Waals surface area contributed by atoms with Crippen LogP contribution in [0.25, 0.3) is 0 Å². The Hall–Kier alpha value is -1.45. The molecule has 0 spiro atoms. The molecule has 0 amide bonds. The SMILES string of the molecule is O=[C]OCc1ccnnc1. The highest BCUT2D eigenvalue weighted by Crippen LogP contribution is 1.94. The van der Waals surface area contributed by atoms with Crippen LogP contribution in [-0.4, -0.2) is 16.7 Å². The van der Waals surface area contributed by atoms with Gasteiger partial charge in [-0.3, -0.25) is 0 Å². The van der Waals surface area contributed by atoms with E-state index < -0.39 is 0 Å². The van der Waals surface area contributed by atoms with Crippen LogP contribution in [0.4, 0.5) is 0 Å². The van der Waals surface area contributed by atoms with Crippen molar-refractivity contribution >= 4 is 6.47 Å². The zero-order valence-electron chi connectivity index (χ0n) is 5.15. The molecule has 10 heavy (non-hydrogen) atoms. The first-order valence-electron chi connectivity index (χ1n) is 2.68. The van der Waals surface area contributed by atoms with E-state index in [-0.39, 0.29) is 6.61 Å². The van der Waals surface area contributed by atoms with Crippen molar-refractivity contribution < 1.29 is 9.53 Å². The van der Waals surface area contributed by atoms with Gasteiger partial charge >= 0.3 is 6.47 Å². The molecule has 1 rings (SSSR count). The second-order valence-corrected chi connectivity index (χ2v) is 1.62. The molecule has 4 heteroatoms. The Morgan fingerprint density at radius 3 is 3.10 bits per heavy atom. The first kappa shape index (κ1) is 6.67. The molecule has 4 nitrogen and oxygen atoms in total. The summed E-state index contributed by atoms with van der Waals surface area (Å²) in [4.78, 5) is 9.59. The third-order valence-corrected chi connectivity index (χ3v) is 0.943. The minimum atomic E-state index is 0.207. The van der Waals surface area contributed by atoms with E-state index in [2.05, 4.69) is 14.9 Å². The molecule has 1 aromatic rings. The molecule has 0 atom stereocenters. The molecule has 0 unspecified atom stereocenters. The minimum absolute atomic E-state index is 0.207. The topological polar surface area (TPSA) is 52.1 Å². The molecule has 0 saturated heterocycles. The first-order chi connectivity index (χ1) is 4.93. The summed E-state index contributed by atoms with van der Waals surface area (Å²) < 4.78 is 4.35. The second-order valence-electron chi connectivity index (χ2n) is 1.62. The van der Waals surface area contributed by atoms with Gasteiger partial charge in [-0.15, -0.1) is 0 Å². The highest BCUT2D eigenvalue weighted by Gasteiger charge is 1.89. The maximum Gasteiger partial charge on any atom is 0.417 e. The predicted molar refractivity (Wildman–Crippen MR) is 32.5 cm³/mol. The Bertz CT molecular complexity index is 200. The molecule has 0 saturated carbocycles. The number of ether oxygens (including phenoxy) is 1. The molecule has 0 aliphatic carbocycles. The summed E-state index contributed by atoms with van der Waals surface area (Å²) in [6.07, 6.45) is 3.06. The first-order valence-corrected chi connectivity index (χ1v) is 2.68. The monoisotopic (exact) mass is 137 g/mol. The van der Waals surface area contributed by atoms with Crippen LogP contribution in [0.5, 0.6) is 0 Å². The number of hydrogen-bond acceptors (Lipinski definition) is 4. The van der Waals surface area contributed by atoms with Gasteiger partial charge in [0.25, 0.3) is 0 Å². The van der Waals surface area contributed by atoms with E-state index in [1.807, 2.05) is 0 Å². The fourth-order valence-corrected chi connectivity index (χ4v) is 0.516. The summed E-state index contributed by atoms with van der Waals surface area (Å²) in [5, 5.41) is 7.13. The van der Waals surface area contributed by atoms with Gasteiger partial charge in [-0.25, -0.2) is 4.79 Å². The number of rotatable bonds is 3. The maximum atomic E-state index is 9.59. The summed E-state index contributed by atoms with van der Waals surface area (Å²) in [5.74, 6) is 0. The van der Waals surface area contributed by atoms with E-state index in [1.165, 1.54) is 18.9 Å². The summed E-state index contributed by atoms with van der Waals surface area (Å²) >= 11 is 0. The van der Waals surface area contributed by atoms with Gasteiger partial charge in [-0.2, -0.15) is 10.2 Å². The number of hydrogen-bond donors (Lipinski definition) is 0. The molecule has 0 aliphatic rings. The number of carbonyl (C=O) groups excluding carboxylic acids is 1. The van der Waals surface area contributed by atoms with Gasteiger partial charge in [0.15, 0.2) is 0 Å². The molecule has 1 radical (unpaired) electrons. The standard InChI is InChI=1S/C6H5N2O2/c9-5-10-4-6-1-2-7-8-3-6/h1-3H,4H2. The van der Waals surface area contributed by atoms with E-state index >= 15 is 0 Å². The molecule has 0 aliphatic heterocycles. The van der Waals surface area contributed by atoms with Gasteiger partial charge in [0.2, 0.25) is 0 Å². The Labute approximate surface area is 57.8 Å². The van der Waals surface area contributed by atoms with Crippen LogP contribution in [0.3, 0.4) is 0 Å². The predicted octanol–water partition coefficient (Wildman–Crippen LogP) is 0.0604. The normalized spacial score (nSPS) is 8.80. The van der Waals surface area contributed by atoms with Crippen LogP contribution >= 0.6 is 0 Å². The minimum Gasteiger partial charge on any atom is -0.452 e. The lowest BCUT2D eigenvalue weighted by Gasteiger charge is -1.93. The Balaban J connectivity index is 2.50. The summed E-state index contributed by atoms with van der Waals surface area (Å²) in [6, 6.07) is 1.71. The van der Waals surface area contributed by atoms with E-state index in [0.717, 1.165) is 5.56 Å². The molecule has 0 aromatic carbocycles. The zero-order chi connectivity index (χ0) is 7.23. The summed E-state index contributed by atoms with van der Waals surface area (Å²) in [7, 11) is 0. The van der Waals surface area contributed by atoms with Crippen LogP contribution in [0.1, 0.15) is 5.56 Å². The smallest absolute Gasteiger partial charge is 0.417 e. The lowest BCUT2D eigenvalue weighted by molar-refractivity contribution is 0.266. The van der Waals surface area contributed by atoms with Crippen molar-refractivity contribution in [2.24, 2.45) is 0 Å².